The van der Waals surface area contributed by atoms with Crippen LogP contribution in [-0.2, 0) is 116 Å². The summed E-state index contributed by atoms with van der Waals surface area (Å²) in [6.07, 6.45) is 0. The molecule has 78 valence electrons. The Hall–Kier alpha value is 2.12. The summed E-state index contributed by atoms with van der Waals surface area (Å²) in [4.78, 5) is 0. The van der Waals surface area contributed by atoms with Crippen LogP contribution in [0.1, 0.15) is 0 Å². The number of hydrogen-bond donors (Lipinski definition) is 0. The van der Waals surface area contributed by atoms with E-state index in [1.54, 1.807) is 0 Å². The molecule has 0 aromatic heterocycles. The Bertz CT molecular complexity index is 22.5. The molecule has 0 aliphatic carbocycles. The van der Waals surface area contributed by atoms with Crippen molar-refractivity contribution in [3.05, 3.63) is 0 Å². The number of rotatable bonds is 0. The first-order chi connectivity index (χ1) is 5.00. The molecule has 0 spiro atoms. The molecule has 0 amide bonds. The molecule has 0 aromatic rings. The van der Waals surface area contributed by atoms with Crippen molar-refractivity contribution >= 4 is 0 Å². The quantitative estimate of drug-likeness (QED) is 0.493. The van der Waals surface area contributed by atoms with Crippen LogP contribution in [0.25, 0.3) is 0 Å². The van der Waals surface area contributed by atoms with E-state index in [0.717, 1.165) is 0 Å². The van der Waals surface area contributed by atoms with E-state index in [9.17, 15) is 0 Å². The Morgan fingerprint density at radius 1 is 0.364 bits per heavy atom. The summed E-state index contributed by atoms with van der Waals surface area (Å²) < 4.78 is 40.0. The van der Waals surface area contributed by atoms with Crippen molar-refractivity contribution in [2.45, 2.75) is 0 Å². The van der Waals surface area contributed by atoms with Crippen LogP contribution in [0.2, 0.25) is 0 Å². The van der Waals surface area contributed by atoms with Gasteiger partial charge in [0.1, 0.15) is 0 Å². The summed E-state index contributed by atoms with van der Waals surface area (Å²) in [5.74, 6) is 0. The van der Waals surface area contributed by atoms with Gasteiger partial charge in [-0.05, 0) is 0 Å². The van der Waals surface area contributed by atoms with Gasteiger partial charge in [-0.3, -0.25) is 0 Å². The average molecular weight is 415 g/mol. The molecule has 0 aliphatic heterocycles. The van der Waals surface area contributed by atoms with Crippen LogP contribution >= 0.6 is 0 Å². The summed E-state index contributed by atoms with van der Waals surface area (Å²) in [7, 11) is 0. The van der Waals surface area contributed by atoms with Gasteiger partial charge < -0.3 is 0 Å². The van der Waals surface area contributed by atoms with Gasteiger partial charge in [0.2, 0.25) is 0 Å². The predicted molar refractivity (Wildman–Crippen MR) is 3.43 cm³/mol. The topological polar surface area (TPSA) is 85.3 Å². The molecular formula is Fe6O5. The van der Waals surface area contributed by atoms with Crippen LogP contribution < -0.4 is 0 Å². The van der Waals surface area contributed by atoms with Crippen LogP contribution in [0.15, 0.2) is 0 Å². The van der Waals surface area contributed by atoms with Gasteiger partial charge in [-0.1, -0.05) is 0 Å². The Kier molecular flexibility index (Phi) is 1160. The van der Waals surface area contributed by atoms with Gasteiger partial charge in [-0.25, -0.2) is 0 Å². The summed E-state index contributed by atoms with van der Waals surface area (Å²) in [6, 6.07) is 0. The van der Waals surface area contributed by atoms with E-state index in [2.05, 4.69) is 0 Å². The van der Waals surface area contributed by atoms with E-state index < -0.39 is 0 Å². The SMILES string of the molecule is [Fe].[O]=[Fe].[O]=[Fe].[O]=[Fe].[O]=[Fe].[O]=[Fe]. The van der Waals surface area contributed by atoms with Gasteiger partial charge in [-0.2, -0.15) is 0 Å². The molecule has 0 bridgehead atoms. The zero-order valence-corrected chi connectivity index (χ0v) is 10.8. The third-order valence-corrected chi connectivity index (χ3v) is 0. The summed E-state index contributed by atoms with van der Waals surface area (Å²) >= 11 is 10.0. The molecule has 0 fully saturated rings. The molecule has 0 rings (SSSR count). The van der Waals surface area contributed by atoms with E-state index in [4.69, 9.17) is 19.2 Å². The third-order valence-electron chi connectivity index (χ3n) is 0. The molecule has 0 aromatic carbocycles. The monoisotopic (exact) mass is 416 g/mol. The van der Waals surface area contributed by atoms with Crippen LogP contribution in [0, 0.1) is 0 Å². The Morgan fingerprint density at radius 3 is 0.364 bits per heavy atom. The average Bonchev–Trinajstić information content (AvgIpc) is 2.20. The standard InChI is InChI=1S/6Fe.5O. The van der Waals surface area contributed by atoms with Crippen LogP contribution in [0.3, 0.4) is 0 Å². The zero-order chi connectivity index (χ0) is 10.0. The molecule has 5 nitrogen and oxygen atoms in total. The summed E-state index contributed by atoms with van der Waals surface area (Å²) in [5.41, 5.74) is 0. The van der Waals surface area contributed by atoms with Gasteiger partial charge in [0.15, 0.2) is 0 Å². The molecule has 0 aliphatic rings. The van der Waals surface area contributed by atoms with Crippen molar-refractivity contribution in [1.29, 1.82) is 0 Å². The second-order valence-electron chi connectivity index (χ2n) is 0. The molecule has 11 heavy (non-hydrogen) atoms. The van der Waals surface area contributed by atoms with E-state index in [0.29, 0.717) is 0 Å². The first kappa shape index (κ1) is 38.0. The normalized spacial score (nSPS) is 2.27. The first-order valence-corrected chi connectivity index (χ1v) is 2.98. The van der Waals surface area contributed by atoms with E-state index in [-0.39, 0.29) is 17.1 Å². The minimum absolute atomic E-state index is 0. The molecule has 0 heterocycles. The van der Waals surface area contributed by atoms with E-state index in [1.165, 1.54) is 0 Å². The van der Waals surface area contributed by atoms with Gasteiger partial charge in [0, 0.05) is 17.1 Å². The summed E-state index contributed by atoms with van der Waals surface area (Å²) in [6.45, 7) is 0. The van der Waals surface area contributed by atoms with E-state index in [1.807, 2.05) is 79.7 Å². The molecule has 0 saturated carbocycles. The third kappa shape index (κ3) is 277. The van der Waals surface area contributed by atoms with E-state index >= 15 is 0 Å². The van der Waals surface area contributed by atoms with Crippen molar-refractivity contribution in [1.82, 2.24) is 0 Å². The van der Waals surface area contributed by atoms with Gasteiger partial charge >= 0.3 is 98.9 Å². The van der Waals surface area contributed by atoms with Gasteiger partial charge in [0.05, 0.1) is 0 Å². The maximum atomic E-state index is 8.00. The van der Waals surface area contributed by atoms with Crippen molar-refractivity contribution in [3.8, 4) is 0 Å². The van der Waals surface area contributed by atoms with Crippen LogP contribution in [-0.4, -0.2) is 0 Å². The molecule has 0 saturated heterocycles. The second-order valence-corrected chi connectivity index (χ2v) is 0. The van der Waals surface area contributed by atoms with Crippen molar-refractivity contribution in [2.24, 2.45) is 0 Å². The first-order valence-electron chi connectivity index (χ1n) is 0.722. The van der Waals surface area contributed by atoms with Crippen molar-refractivity contribution < 1.29 is 116 Å². The van der Waals surface area contributed by atoms with Crippen LogP contribution in [0.4, 0.5) is 0 Å². The minimum atomic E-state index is 0. The maximum absolute atomic E-state index is 8.00. The Balaban J connectivity index is -0.00000000694. The van der Waals surface area contributed by atoms with Crippen molar-refractivity contribution in [3.63, 3.8) is 0 Å². The number of hydrogen-bond acceptors (Lipinski definition) is 5. The fraction of sp³-hybridized carbons (Fsp3) is 0. The summed E-state index contributed by atoms with van der Waals surface area (Å²) in [5, 5.41) is 0. The fourth-order valence-electron chi connectivity index (χ4n) is 0. The Labute approximate surface area is 115 Å². The fourth-order valence-corrected chi connectivity index (χ4v) is 0. The van der Waals surface area contributed by atoms with Gasteiger partial charge in [0.25, 0.3) is 0 Å². The van der Waals surface area contributed by atoms with Crippen LogP contribution in [0.5, 0.6) is 0 Å². The molecule has 0 radical (unpaired) electrons. The van der Waals surface area contributed by atoms with Crippen molar-refractivity contribution in [2.75, 3.05) is 0 Å². The molecular weight excluding hydrogens is 415 g/mol. The molecule has 0 atom stereocenters. The van der Waals surface area contributed by atoms with Gasteiger partial charge in [-0.15, -0.1) is 0 Å². The Morgan fingerprint density at radius 2 is 0.364 bits per heavy atom. The molecule has 11 heteroatoms. The predicted octanol–water partition coefficient (Wildman–Crippen LogP) is -0.609. The molecule has 0 N–H and O–H groups in total. The second kappa shape index (κ2) is 334. The molecule has 0 unspecified atom stereocenters. The zero-order valence-electron chi connectivity index (χ0n) is 4.16.